The summed E-state index contributed by atoms with van der Waals surface area (Å²) in [6.45, 7) is 9.15. The lowest BCUT2D eigenvalue weighted by atomic mass is 9.61. The zero-order valence-electron chi connectivity index (χ0n) is 10.4. The van der Waals surface area contributed by atoms with Gasteiger partial charge in [-0.3, -0.25) is 0 Å². The van der Waals surface area contributed by atoms with Crippen molar-refractivity contribution in [1.29, 1.82) is 0 Å². The Hall–Kier alpha value is -0.520. The van der Waals surface area contributed by atoms with Crippen LogP contribution in [0.4, 0.5) is 0 Å². The third-order valence-electron chi connectivity index (χ3n) is 6.53. The maximum absolute atomic E-state index is 4.07. The summed E-state index contributed by atoms with van der Waals surface area (Å²) >= 11 is 0. The normalized spacial score (nSPS) is 65.2. The van der Waals surface area contributed by atoms with Crippen LogP contribution >= 0.6 is 0 Å². The van der Waals surface area contributed by atoms with E-state index in [1.165, 1.54) is 19.3 Å². The van der Waals surface area contributed by atoms with Gasteiger partial charge in [0.05, 0.1) is 0 Å². The second-order valence-corrected chi connectivity index (χ2v) is 7.41. The number of fused-ring (bicyclic) bond motifs is 9. The Labute approximate surface area is 98.8 Å². The van der Waals surface area contributed by atoms with Crippen LogP contribution in [-0.4, -0.2) is 0 Å². The predicted octanol–water partition coefficient (Wildman–Crippen LogP) is 4.05. The Morgan fingerprint density at radius 2 is 2.00 bits per heavy atom. The highest BCUT2D eigenvalue weighted by Gasteiger charge is 2.68. The second kappa shape index (κ2) is 2.49. The van der Waals surface area contributed by atoms with Crippen molar-refractivity contribution in [3.8, 4) is 0 Å². The highest BCUT2D eigenvalue weighted by molar-refractivity contribution is 5.28. The van der Waals surface area contributed by atoms with E-state index in [9.17, 15) is 0 Å². The standard InChI is InChI=1S/C16H22/c1-4-10-7-16(3)9-12(10)14-13(16)11-5-6-15(14,2)8-11/h4-6,10-14H,1,7-9H2,2-3H3. The van der Waals surface area contributed by atoms with Crippen LogP contribution in [0.5, 0.6) is 0 Å². The van der Waals surface area contributed by atoms with E-state index < -0.39 is 0 Å². The smallest absolute Gasteiger partial charge is 0.0107 e. The van der Waals surface area contributed by atoms with Crippen LogP contribution in [0.25, 0.3) is 0 Å². The number of hydrogen-bond donors (Lipinski definition) is 0. The molecular weight excluding hydrogens is 192 g/mol. The maximum atomic E-state index is 4.07. The molecule has 0 spiro atoms. The van der Waals surface area contributed by atoms with Gasteiger partial charge >= 0.3 is 0 Å². The number of hydrogen-bond acceptors (Lipinski definition) is 0. The molecule has 4 bridgehead atoms. The Bertz CT molecular complexity index is 393. The topological polar surface area (TPSA) is 0 Å². The SMILES string of the molecule is C=CC1CC2(C)CC1C1C2C2C=CC1(C)C2. The summed E-state index contributed by atoms with van der Waals surface area (Å²) < 4.78 is 0. The molecule has 0 aliphatic heterocycles. The van der Waals surface area contributed by atoms with Crippen molar-refractivity contribution in [2.75, 3.05) is 0 Å². The average Bonchev–Trinajstić information content (AvgIpc) is 2.90. The molecule has 0 aromatic carbocycles. The Morgan fingerprint density at radius 3 is 2.75 bits per heavy atom. The summed E-state index contributed by atoms with van der Waals surface area (Å²) in [5.74, 6) is 4.66. The van der Waals surface area contributed by atoms with E-state index in [-0.39, 0.29) is 0 Å². The molecule has 7 unspecified atom stereocenters. The lowest BCUT2D eigenvalue weighted by molar-refractivity contribution is 0.0862. The summed E-state index contributed by atoms with van der Waals surface area (Å²) in [7, 11) is 0. The van der Waals surface area contributed by atoms with E-state index in [1.54, 1.807) is 0 Å². The number of allylic oxidation sites excluding steroid dienone is 3. The summed E-state index contributed by atoms with van der Waals surface area (Å²) in [6.07, 6.45) is 11.7. The zero-order valence-corrected chi connectivity index (χ0v) is 10.4. The van der Waals surface area contributed by atoms with Crippen molar-refractivity contribution < 1.29 is 0 Å². The summed E-state index contributed by atoms with van der Waals surface area (Å²) in [6, 6.07) is 0. The minimum atomic E-state index is 0.541. The van der Waals surface area contributed by atoms with Gasteiger partial charge in [0.1, 0.15) is 0 Å². The molecule has 0 N–H and O–H groups in total. The lowest BCUT2D eigenvalue weighted by Crippen LogP contribution is -2.38. The molecule has 0 radical (unpaired) electrons. The van der Waals surface area contributed by atoms with Gasteiger partial charge < -0.3 is 0 Å². The van der Waals surface area contributed by atoms with Gasteiger partial charge in [-0.05, 0) is 59.7 Å². The zero-order chi connectivity index (χ0) is 11.1. The average molecular weight is 214 g/mol. The minimum Gasteiger partial charge on any atom is -0.103 e. The molecule has 4 rings (SSSR count). The minimum absolute atomic E-state index is 0.541. The first-order valence-corrected chi connectivity index (χ1v) is 6.89. The monoisotopic (exact) mass is 214 g/mol. The van der Waals surface area contributed by atoms with Crippen molar-refractivity contribution in [2.45, 2.75) is 33.1 Å². The maximum Gasteiger partial charge on any atom is -0.0107 e. The molecule has 0 aromatic heterocycles. The molecule has 0 saturated heterocycles. The van der Waals surface area contributed by atoms with Crippen LogP contribution < -0.4 is 0 Å². The molecule has 86 valence electrons. The molecule has 3 saturated carbocycles. The Morgan fingerprint density at radius 1 is 1.19 bits per heavy atom. The van der Waals surface area contributed by atoms with Crippen LogP contribution in [0.1, 0.15) is 33.1 Å². The third-order valence-corrected chi connectivity index (χ3v) is 6.53. The van der Waals surface area contributed by atoms with Gasteiger partial charge in [0.2, 0.25) is 0 Å². The van der Waals surface area contributed by atoms with Gasteiger partial charge in [-0.2, -0.15) is 0 Å². The van der Waals surface area contributed by atoms with Crippen molar-refractivity contribution in [2.24, 2.45) is 40.4 Å². The molecule has 7 atom stereocenters. The Balaban J connectivity index is 1.83. The molecule has 4 aliphatic carbocycles. The molecule has 0 aromatic rings. The van der Waals surface area contributed by atoms with Gasteiger partial charge in [-0.1, -0.05) is 32.1 Å². The molecule has 0 nitrogen and oxygen atoms in total. The molecule has 0 heteroatoms. The van der Waals surface area contributed by atoms with E-state index >= 15 is 0 Å². The highest BCUT2D eigenvalue weighted by atomic mass is 14.7. The molecule has 3 fully saturated rings. The second-order valence-electron chi connectivity index (χ2n) is 7.41. The van der Waals surface area contributed by atoms with Crippen molar-refractivity contribution in [1.82, 2.24) is 0 Å². The van der Waals surface area contributed by atoms with E-state index in [0.29, 0.717) is 10.8 Å². The van der Waals surface area contributed by atoms with E-state index in [0.717, 1.165) is 29.6 Å². The van der Waals surface area contributed by atoms with Crippen LogP contribution in [-0.2, 0) is 0 Å². The summed E-state index contributed by atoms with van der Waals surface area (Å²) in [5, 5.41) is 0. The van der Waals surface area contributed by atoms with Gasteiger partial charge in [-0.25, -0.2) is 0 Å². The van der Waals surface area contributed by atoms with Crippen molar-refractivity contribution in [3.63, 3.8) is 0 Å². The van der Waals surface area contributed by atoms with Crippen LogP contribution in [0.2, 0.25) is 0 Å². The van der Waals surface area contributed by atoms with E-state index in [2.05, 4.69) is 38.7 Å². The number of rotatable bonds is 1. The largest absolute Gasteiger partial charge is 0.103 e. The van der Waals surface area contributed by atoms with Gasteiger partial charge in [0.25, 0.3) is 0 Å². The fourth-order valence-electron chi connectivity index (χ4n) is 6.25. The van der Waals surface area contributed by atoms with Gasteiger partial charge in [0, 0.05) is 0 Å². The van der Waals surface area contributed by atoms with Crippen LogP contribution in [0.15, 0.2) is 24.8 Å². The van der Waals surface area contributed by atoms with E-state index in [4.69, 9.17) is 0 Å². The summed E-state index contributed by atoms with van der Waals surface area (Å²) in [4.78, 5) is 0. The first-order chi connectivity index (χ1) is 7.57. The molecular formula is C16H22. The quantitative estimate of drug-likeness (QED) is 0.456. The van der Waals surface area contributed by atoms with Crippen LogP contribution in [0.3, 0.4) is 0 Å². The van der Waals surface area contributed by atoms with E-state index in [1.807, 2.05) is 0 Å². The molecule has 0 amide bonds. The van der Waals surface area contributed by atoms with Gasteiger partial charge in [0.15, 0.2) is 0 Å². The fraction of sp³-hybridized carbons (Fsp3) is 0.750. The molecule has 16 heavy (non-hydrogen) atoms. The predicted molar refractivity (Wildman–Crippen MR) is 66.9 cm³/mol. The Kier molecular flexibility index (Phi) is 1.48. The first kappa shape index (κ1) is 9.50. The van der Waals surface area contributed by atoms with Crippen molar-refractivity contribution in [3.05, 3.63) is 24.8 Å². The summed E-state index contributed by atoms with van der Waals surface area (Å²) in [5.41, 5.74) is 1.18. The van der Waals surface area contributed by atoms with Crippen molar-refractivity contribution >= 4 is 0 Å². The van der Waals surface area contributed by atoms with Gasteiger partial charge in [-0.15, -0.1) is 6.58 Å². The molecule has 0 heterocycles. The lowest BCUT2D eigenvalue weighted by Gasteiger charge is -2.43. The fourth-order valence-corrected chi connectivity index (χ4v) is 6.25. The highest BCUT2D eigenvalue weighted by Crippen LogP contribution is 2.75. The van der Waals surface area contributed by atoms with Crippen LogP contribution in [0, 0.1) is 40.4 Å². The third kappa shape index (κ3) is 0.824. The molecule has 4 aliphatic rings. The first-order valence-electron chi connectivity index (χ1n) is 6.89.